The fourth-order valence-corrected chi connectivity index (χ4v) is 4.50. The van der Waals surface area contributed by atoms with Crippen LogP contribution in [0.4, 0.5) is 0 Å². The van der Waals surface area contributed by atoms with Gasteiger partial charge in [0.05, 0.1) is 17.5 Å². The third kappa shape index (κ3) is 4.48. The molecule has 8 heteroatoms. The first kappa shape index (κ1) is 20.6. The number of para-hydroxylation sites is 1. The minimum atomic E-state index is -3.79. The van der Waals surface area contributed by atoms with Gasteiger partial charge in [0.25, 0.3) is 0 Å². The second kappa shape index (κ2) is 7.73. The average Bonchev–Trinajstić information content (AvgIpc) is 2.61. The zero-order valence-electron chi connectivity index (χ0n) is 16.0. The fraction of sp³-hybridized carbons (Fsp3) is 0.350. The summed E-state index contributed by atoms with van der Waals surface area (Å²) in [6.45, 7) is 3.63. The summed E-state index contributed by atoms with van der Waals surface area (Å²) in [5.41, 5.74) is 0.450. The van der Waals surface area contributed by atoms with Gasteiger partial charge in [0, 0.05) is 24.1 Å². The van der Waals surface area contributed by atoms with Crippen LogP contribution in [-0.2, 0) is 14.8 Å². The highest BCUT2D eigenvalue weighted by Crippen LogP contribution is 2.39. The van der Waals surface area contributed by atoms with Crippen molar-refractivity contribution >= 4 is 27.5 Å². The molecule has 0 bridgehead atoms. The van der Waals surface area contributed by atoms with E-state index in [1.165, 1.54) is 31.3 Å². The van der Waals surface area contributed by atoms with Crippen molar-refractivity contribution in [2.45, 2.75) is 36.8 Å². The molecule has 150 valence electrons. The Kier molecular flexibility index (Phi) is 5.70. The first-order valence-corrected chi connectivity index (χ1v) is 10.7. The van der Waals surface area contributed by atoms with Gasteiger partial charge < -0.3 is 10.1 Å². The zero-order valence-corrected chi connectivity index (χ0v) is 17.5. The zero-order chi connectivity index (χ0) is 20.5. The van der Waals surface area contributed by atoms with Gasteiger partial charge in [-0.15, -0.1) is 0 Å². The van der Waals surface area contributed by atoms with E-state index in [9.17, 15) is 13.2 Å². The van der Waals surface area contributed by atoms with Crippen molar-refractivity contribution in [2.75, 3.05) is 13.6 Å². The lowest BCUT2D eigenvalue weighted by atomic mass is 9.89. The summed E-state index contributed by atoms with van der Waals surface area (Å²) in [6, 6.07) is 13.1. The maximum Gasteiger partial charge on any atom is 0.243 e. The van der Waals surface area contributed by atoms with Crippen molar-refractivity contribution in [3.05, 3.63) is 59.1 Å². The standard InChI is InChI=1S/C20H23ClN2O4S/c1-20(2)12-17(16-6-4-5-7-18(16)27-20)22-19(24)13-23(3)28(25,26)15-10-8-14(21)9-11-15/h4-11,17H,12-13H2,1-3H3,(H,22,24)/t17-/m0/s1. The topological polar surface area (TPSA) is 75.7 Å². The van der Waals surface area contributed by atoms with E-state index in [1.54, 1.807) is 0 Å². The number of amides is 1. The minimum Gasteiger partial charge on any atom is -0.487 e. The SMILES string of the molecule is CN(CC(=O)N[C@H]1CC(C)(C)Oc2ccccc21)S(=O)(=O)c1ccc(Cl)cc1. The Morgan fingerprint density at radius 3 is 2.54 bits per heavy atom. The highest BCUT2D eigenvalue weighted by Gasteiger charge is 2.34. The fourth-order valence-electron chi connectivity index (χ4n) is 3.24. The minimum absolute atomic E-state index is 0.0877. The summed E-state index contributed by atoms with van der Waals surface area (Å²) < 4.78 is 32.3. The second-order valence-corrected chi connectivity index (χ2v) is 9.92. The Balaban J connectivity index is 1.72. The Morgan fingerprint density at radius 2 is 1.86 bits per heavy atom. The molecule has 0 aliphatic carbocycles. The van der Waals surface area contributed by atoms with Gasteiger partial charge in [-0.2, -0.15) is 4.31 Å². The number of nitrogens with one attached hydrogen (secondary N) is 1. The lowest BCUT2D eigenvalue weighted by Crippen LogP contribution is -2.44. The van der Waals surface area contributed by atoms with Crippen molar-refractivity contribution in [2.24, 2.45) is 0 Å². The molecule has 1 atom stereocenters. The number of nitrogens with zero attached hydrogens (tertiary/aromatic N) is 1. The molecule has 0 unspecified atom stereocenters. The number of rotatable bonds is 5. The molecule has 1 aliphatic rings. The van der Waals surface area contributed by atoms with Crippen molar-refractivity contribution in [1.82, 2.24) is 9.62 Å². The van der Waals surface area contributed by atoms with Crippen molar-refractivity contribution < 1.29 is 17.9 Å². The number of sulfonamides is 1. The molecule has 0 aromatic heterocycles. The van der Waals surface area contributed by atoms with E-state index in [1.807, 2.05) is 38.1 Å². The molecule has 0 radical (unpaired) electrons. The number of hydrogen-bond donors (Lipinski definition) is 1. The summed E-state index contributed by atoms with van der Waals surface area (Å²) in [6.07, 6.45) is 0.587. The van der Waals surface area contributed by atoms with E-state index in [4.69, 9.17) is 16.3 Å². The monoisotopic (exact) mass is 422 g/mol. The number of carbonyl (C=O) groups is 1. The molecule has 1 heterocycles. The van der Waals surface area contributed by atoms with Crippen LogP contribution in [0.1, 0.15) is 31.9 Å². The third-order valence-corrected chi connectivity index (χ3v) is 6.67. The summed E-state index contributed by atoms with van der Waals surface area (Å²) in [5.74, 6) is 0.351. The Morgan fingerprint density at radius 1 is 1.21 bits per heavy atom. The lowest BCUT2D eigenvalue weighted by Gasteiger charge is -2.38. The van der Waals surface area contributed by atoms with E-state index >= 15 is 0 Å². The van der Waals surface area contributed by atoms with E-state index in [-0.39, 0.29) is 23.4 Å². The van der Waals surface area contributed by atoms with E-state index in [2.05, 4.69) is 5.32 Å². The quantitative estimate of drug-likeness (QED) is 0.801. The van der Waals surface area contributed by atoms with Gasteiger partial charge in [-0.3, -0.25) is 4.79 Å². The molecule has 0 saturated heterocycles. The van der Waals surface area contributed by atoms with Gasteiger partial charge in [0.2, 0.25) is 15.9 Å². The van der Waals surface area contributed by atoms with Crippen LogP contribution in [0.2, 0.25) is 5.02 Å². The predicted octanol–water partition coefficient (Wildman–Crippen LogP) is 3.38. The van der Waals surface area contributed by atoms with Crippen LogP contribution in [0.5, 0.6) is 5.75 Å². The number of carbonyl (C=O) groups excluding carboxylic acids is 1. The molecule has 0 saturated carbocycles. The first-order chi connectivity index (χ1) is 13.1. The summed E-state index contributed by atoms with van der Waals surface area (Å²) in [5, 5.41) is 3.39. The van der Waals surface area contributed by atoms with Crippen LogP contribution >= 0.6 is 11.6 Å². The van der Waals surface area contributed by atoms with Gasteiger partial charge in [-0.05, 0) is 44.2 Å². The average molecular weight is 423 g/mol. The smallest absolute Gasteiger partial charge is 0.243 e. The van der Waals surface area contributed by atoms with Crippen LogP contribution in [0, 0.1) is 0 Å². The largest absolute Gasteiger partial charge is 0.487 e. The molecule has 0 spiro atoms. The number of likely N-dealkylation sites (N-methyl/N-ethyl adjacent to an activating group) is 1. The predicted molar refractivity (Wildman–Crippen MR) is 108 cm³/mol. The van der Waals surface area contributed by atoms with Gasteiger partial charge in [0.1, 0.15) is 11.4 Å². The van der Waals surface area contributed by atoms with Crippen LogP contribution in [0.15, 0.2) is 53.4 Å². The molecule has 28 heavy (non-hydrogen) atoms. The molecular formula is C20H23ClN2O4S. The summed E-state index contributed by atoms with van der Waals surface area (Å²) >= 11 is 5.82. The van der Waals surface area contributed by atoms with Crippen LogP contribution in [0.25, 0.3) is 0 Å². The lowest BCUT2D eigenvalue weighted by molar-refractivity contribution is -0.122. The van der Waals surface area contributed by atoms with Crippen LogP contribution in [-0.4, -0.2) is 37.8 Å². The molecular weight excluding hydrogens is 400 g/mol. The molecule has 0 fully saturated rings. The van der Waals surface area contributed by atoms with Gasteiger partial charge in [-0.25, -0.2) is 8.42 Å². The number of benzene rings is 2. The van der Waals surface area contributed by atoms with E-state index in [0.29, 0.717) is 11.4 Å². The Labute approximate surface area is 170 Å². The molecule has 6 nitrogen and oxygen atoms in total. The summed E-state index contributed by atoms with van der Waals surface area (Å²) in [7, 11) is -2.41. The van der Waals surface area contributed by atoms with Crippen LogP contribution in [0.3, 0.4) is 0 Å². The van der Waals surface area contributed by atoms with Crippen molar-refractivity contribution in [1.29, 1.82) is 0 Å². The Hall–Kier alpha value is -2.09. The van der Waals surface area contributed by atoms with Gasteiger partial charge in [-0.1, -0.05) is 29.8 Å². The maximum absolute atomic E-state index is 12.7. The highest BCUT2D eigenvalue weighted by atomic mass is 35.5. The molecule has 2 aromatic carbocycles. The normalized spacial score (nSPS) is 18.2. The van der Waals surface area contributed by atoms with Gasteiger partial charge >= 0.3 is 0 Å². The first-order valence-electron chi connectivity index (χ1n) is 8.88. The van der Waals surface area contributed by atoms with Crippen molar-refractivity contribution in [3.63, 3.8) is 0 Å². The molecule has 1 aliphatic heterocycles. The molecule has 3 rings (SSSR count). The Bertz CT molecular complexity index is 974. The molecule has 1 amide bonds. The maximum atomic E-state index is 12.7. The van der Waals surface area contributed by atoms with E-state index in [0.717, 1.165) is 15.6 Å². The number of halogens is 1. The number of fused-ring (bicyclic) bond motifs is 1. The van der Waals surface area contributed by atoms with Crippen molar-refractivity contribution in [3.8, 4) is 5.75 Å². The van der Waals surface area contributed by atoms with Gasteiger partial charge in [0.15, 0.2) is 0 Å². The highest BCUT2D eigenvalue weighted by molar-refractivity contribution is 7.89. The molecule has 1 N–H and O–H groups in total. The van der Waals surface area contributed by atoms with E-state index < -0.39 is 15.6 Å². The van der Waals surface area contributed by atoms with Crippen LogP contribution < -0.4 is 10.1 Å². The number of hydrogen-bond acceptors (Lipinski definition) is 4. The molecule has 2 aromatic rings. The second-order valence-electron chi connectivity index (χ2n) is 7.44. The summed E-state index contributed by atoms with van der Waals surface area (Å²) in [4.78, 5) is 12.7. The third-order valence-electron chi connectivity index (χ3n) is 4.60. The number of ether oxygens (including phenoxy) is 1.